The molecule has 0 radical (unpaired) electrons. The molecule has 0 unspecified atom stereocenters. The number of nitrogens with one attached hydrogen (secondary N) is 2. The van der Waals surface area contributed by atoms with Crippen molar-refractivity contribution in [2.45, 2.75) is 64.0 Å². The number of hydrogen-bond acceptors (Lipinski definition) is 4. The standard InChI is InChI=1S/C23H27Cl2FN4O/c1-23(9-2-3-10-23)21(19-17(26)7-6-16(24)20(19)25)30-22(31)14-4-5-15(12-14)29-18-8-11-27-13-28-18/h6-8,11,13-15,21H,2-5,9-10,12H2,1H3,(H,30,31)(H,27,28,29)/t14-,15-,21-/m1/s1. The molecule has 0 saturated heterocycles. The van der Waals surface area contributed by atoms with Crippen LogP contribution in [-0.2, 0) is 4.79 Å². The van der Waals surface area contributed by atoms with Crippen molar-refractivity contribution in [3.05, 3.63) is 52.1 Å². The molecule has 0 spiro atoms. The van der Waals surface area contributed by atoms with Gasteiger partial charge in [-0.1, -0.05) is 43.0 Å². The number of benzene rings is 1. The lowest BCUT2D eigenvalue weighted by molar-refractivity contribution is -0.126. The molecule has 2 fully saturated rings. The average Bonchev–Trinajstić information content (AvgIpc) is 3.41. The number of anilines is 1. The predicted octanol–water partition coefficient (Wildman–Crippen LogP) is 5.94. The van der Waals surface area contributed by atoms with Gasteiger partial charge in [0.2, 0.25) is 5.91 Å². The molecular weight excluding hydrogens is 438 g/mol. The molecule has 31 heavy (non-hydrogen) atoms. The third kappa shape index (κ3) is 4.80. The van der Waals surface area contributed by atoms with Crippen LogP contribution in [0.3, 0.4) is 0 Å². The van der Waals surface area contributed by atoms with Gasteiger partial charge >= 0.3 is 0 Å². The van der Waals surface area contributed by atoms with E-state index in [2.05, 4.69) is 27.5 Å². The zero-order valence-electron chi connectivity index (χ0n) is 17.5. The van der Waals surface area contributed by atoms with Crippen LogP contribution < -0.4 is 10.6 Å². The van der Waals surface area contributed by atoms with E-state index in [-0.39, 0.29) is 28.3 Å². The lowest BCUT2D eigenvalue weighted by Gasteiger charge is -2.36. The highest BCUT2D eigenvalue weighted by molar-refractivity contribution is 6.42. The summed E-state index contributed by atoms with van der Waals surface area (Å²) in [6, 6.07) is 4.26. The van der Waals surface area contributed by atoms with E-state index in [1.54, 1.807) is 6.20 Å². The normalized spacial score (nSPS) is 23.5. The largest absolute Gasteiger partial charge is 0.367 e. The Morgan fingerprint density at radius 1 is 1.23 bits per heavy atom. The number of rotatable bonds is 6. The maximum atomic E-state index is 14.9. The van der Waals surface area contributed by atoms with Crippen LogP contribution in [0, 0.1) is 17.2 Å². The first-order valence-electron chi connectivity index (χ1n) is 10.8. The second-order valence-electron chi connectivity index (χ2n) is 9.01. The summed E-state index contributed by atoms with van der Waals surface area (Å²) >= 11 is 12.7. The monoisotopic (exact) mass is 464 g/mol. The van der Waals surface area contributed by atoms with Gasteiger partial charge in [0.25, 0.3) is 0 Å². The fraction of sp³-hybridized carbons (Fsp3) is 0.522. The van der Waals surface area contributed by atoms with Gasteiger partial charge < -0.3 is 10.6 Å². The number of amides is 1. The van der Waals surface area contributed by atoms with Crippen molar-refractivity contribution >= 4 is 34.9 Å². The first-order chi connectivity index (χ1) is 14.9. The second kappa shape index (κ2) is 9.29. The van der Waals surface area contributed by atoms with Gasteiger partial charge in [0.1, 0.15) is 18.0 Å². The number of carbonyl (C=O) groups is 1. The van der Waals surface area contributed by atoms with Crippen molar-refractivity contribution in [3.63, 3.8) is 0 Å². The summed E-state index contributed by atoms with van der Waals surface area (Å²) in [5.41, 5.74) is 0.0442. The van der Waals surface area contributed by atoms with Crippen LogP contribution in [0.25, 0.3) is 0 Å². The van der Waals surface area contributed by atoms with Gasteiger partial charge in [-0.2, -0.15) is 0 Å². The molecule has 166 valence electrons. The summed E-state index contributed by atoms with van der Waals surface area (Å²) in [6.45, 7) is 2.11. The predicted molar refractivity (Wildman–Crippen MR) is 121 cm³/mol. The SMILES string of the molecule is CC1([C@H](NC(=O)[C@@H]2CC[C@@H](Nc3ccncn3)C2)c2c(F)ccc(Cl)c2Cl)CCCC1. The Morgan fingerprint density at radius 3 is 2.71 bits per heavy atom. The van der Waals surface area contributed by atoms with Crippen LogP contribution in [-0.4, -0.2) is 21.9 Å². The molecule has 4 rings (SSSR count). The third-order valence-electron chi connectivity index (χ3n) is 6.83. The highest BCUT2D eigenvalue weighted by Crippen LogP contribution is 2.50. The van der Waals surface area contributed by atoms with E-state index >= 15 is 0 Å². The van der Waals surface area contributed by atoms with Crippen molar-refractivity contribution in [1.82, 2.24) is 15.3 Å². The van der Waals surface area contributed by atoms with Gasteiger partial charge in [-0.3, -0.25) is 4.79 Å². The maximum absolute atomic E-state index is 14.9. The lowest BCUT2D eigenvalue weighted by Crippen LogP contribution is -2.41. The summed E-state index contributed by atoms with van der Waals surface area (Å²) in [7, 11) is 0. The molecule has 1 aromatic heterocycles. The summed E-state index contributed by atoms with van der Waals surface area (Å²) in [5, 5.41) is 7.03. The van der Waals surface area contributed by atoms with E-state index < -0.39 is 11.9 Å². The molecule has 2 N–H and O–H groups in total. The van der Waals surface area contributed by atoms with E-state index in [0.29, 0.717) is 17.0 Å². The zero-order valence-corrected chi connectivity index (χ0v) is 19.0. The van der Waals surface area contributed by atoms with E-state index in [9.17, 15) is 9.18 Å². The minimum Gasteiger partial charge on any atom is -0.367 e. The van der Waals surface area contributed by atoms with Gasteiger partial charge in [-0.15, -0.1) is 0 Å². The molecule has 2 aliphatic carbocycles. The minimum absolute atomic E-state index is 0.0550. The number of hydrogen-bond donors (Lipinski definition) is 2. The number of halogens is 3. The molecule has 8 heteroatoms. The third-order valence-corrected chi connectivity index (χ3v) is 7.65. The van der Waals surface area contributed by atoms with Gasteiger partial charge in [0.15, 0.2) is 0 Å². The molecule has 0 bridgehead atoms. The molecule has 2 aliphatic rings. The number of carbonyl (C=O) groups excluding carboxylic acids is 1. The summed E-state index contributed by atoms with van der Waals surface area (Å²) in [6.07, 6.45) is 9.44. The maximum Gasteiger partial charge on any atom is 0.223 e. The quantitative estimate of drug-likeness (QED) is 0.518. The zero-order chi connectivity index (χ0) is 22.0. The Kier molecular flexibility index (Phi) is 6.68. The first kappa shape index (κ1) is 22.3. The van der Waals surface area contributed by atoms with Gasteiger partial charge in [-0.25, -0.2) is 14.4 Å². The molecule has 3 atom stereocenters. The Morgan fingerprint density at radius 2 is 2.00 bits per heavy atom. The first-order valence-corrected chi connectivity index (χ1v) is 11.6. The van der Waals surface area contributed by atoms with E-state index in [0.717, 1.165) is 44.3 Å². The summed E-state index contributed by atoms with van der Waals surface area (Å²) < 4.78 is 14.9. The Hall–Kier alpha value is -1.92. The number of aromatic nitrogens is 2. The van der Waals surface area contributed by atoms with E-state index in [1.165, 1.54) is 18.5 Å². The Bertz CT molecular complexity index is 937. The van der Waals surface area contributed by atoms with Crippen molar-refractivity contribution in [3.8, 4) is 0 Å². The van der Waals surface area contributed by atoms with Crippen molar-refractivity contribution in [2.24, 2.45) is 11.3 Å². The summed E-state index contributed by atoms with van der Waals surface area (Å²) in [5.74, 6) is 0.126. The smallest absolute Gasteiger partial charge is 0.223 e. The van der Waals surface area contributed by atoms with Gasteiger partial charge in [-0.05, 0) is 55.7 Å². The molecular formula is C23H27Cl2FN4O. The van der Waals surface area contributed by atoms with Crippen LogP contribution in [0.2, 0.25) is 10.0 Å². The molecule has 1 heterocycles. The van der Waals surface area contributed by atoms with E-state index in [4.69, 9.17) is 23.2 Å². The second-order valence-corrected chi connectivity index (χ2v) is 9.79. The number of nitrogens with zero attached hydrogens (tertiary/aromatic N) is 2. The average molecular weight is 465 g/mol. The van der Waals surface area contributed by atoms with Gasteiger partial charge in [0, 0.05) is 23.7 Å². The lowest BCUT2D eigenvalue weighted by atomic mass is 9.76. The Labute approximate surface area is 192 Å². The van der Waals surface area contributed by atoms with Crippen LogP contribution in [0.5, 0.6) is 0 Å². The molecule has 2 aromatic rings. The van der Waals surface area contributed by atoms with E-state index in [1.807, 2.05) is 6.07 Å². The van der Waals surface area contributed by atoms with Crippen LogP contribution >= 0.6 is 23.2 Å². The molecule has 5 nitrogen and oxygen atoms in total. The van der Waals surface area contributed by atoms with Crippen molar-refractivity contribution < 1.29 is 9.18 Å². The van der Waals surface area contributed by atoms with Crippen molar-refractivity contribution in [1.29, 1.82) is 0 Å². The topological polar surface area (TPSA) is 66.9 Å². The van der Waals surface area contributed by atoms with Crippen LogP contribution in [0.1, 0.15) is 63.5 Å². The minimum atomic E-state index is -0.512. The van der Waals surface area contributed by atoms with Crippen LogP contribution in [0.15, 0.2) is 30.7 Å². The molecule has 0 aliphatic heterocycles. The molecule has 2 saturated carbocycles. The highest BCUT2D eigenvalue weighted by atomic mass is 35.5. The fourth-order valence-electron chi connectivity index (χ4n) is 5.07. The van der Waals surface area contributed by atoms with Crippen LogP contribution in [0.4, 0.5) is 10.2 Å². The Balaban J connectivity index is 1.51. The molecule has 1 aromatic carbocycles. The summed E-state index contributed by atoms with van der Waals surface area (Å²) in [4.78, 5) is 21.4. The molecule has 1 amide bonds. The highest BCUT2D eigenvalue weighted by Gasteiger charge is 2.42. The fourth-order valence-corrected chi connectivity index (χ4v) is 5.50. The van der Waals surface area contributed by atoms with Crippen molar-refractivity contribution in [2.75, 3.05) is 5.32 Å². The van der Waals surface area contributed by atoms with Gasteiger partial charge in [0.05, 0.1) is 16.1 Å².